The number of nitrogens with zero attached hydrogens (tertiary/aromatic N) is 1. The van der Waals surface area contributed by atoms with Gasteiger partial charge in [-0.1, -0.05) is 13.8 Å². The van der Waals surface area contributed by atoms with E-state index >= 15 is 0 Å². The molecule has 3 nitrogen and oxygen atoms in total. The van der Waals surface area contributed by atoms with Crippen LogP contribution in [0.5, 0.6) is 0 Å². The molecule has 0 aromatic heterocycles. The van der Waals surface area contributed by atoms with E-state index < -0.39 is 0 Å². The summed E-state index contributed by atoms with van der Waals surface area (Å²) in [4.78, 5) is 2.49. The minimum atomic E-state index is 0.420. The van der Waals surface area contributed by atoms with Gasteiger partial charge in [-0.3, -0.25) is 4.90 Å². The third-order valence-corrected chi connectivity index (χ3v) is 3.66. The van der Waals surface area contributed by atoms with Crippen molar-refractivity contribution in [3.63, 3.8) is 0 Å². The fourth-order valence-corrected chi connectivity index (χ4v) is 2.47. The molecule has 0 amide bonds. The molecule has 15 heavy (non-hydrogen) atoms. The van der Waals surface area contributed by atoms with Gasteiger partial charge in [0.05, 0.1) is 6.61 Å². The first-order chi connectivity index (χ1) is 7.19. The van der Waals surface area contributed by atoms with Gasteiger partial charge >= 0.3 is 0 Å². The zero-order valence-electron chi connectivity index (χ0n) is 10.4. The van der Waals surface area contributed by atoms with Crippen LogP contribution in [0.25, 0.3) is 0 Å². The van der Waals surface area contributed by atoms with Gasteiger partial charge in [-0.2, -0.15) is 0 Å². The van der Waals surface area contributed by atoms with Crippen LogP contribution in [0.15, 0.2) is 0 Å². The number of piperidine rings is 1. The van der Waals surface area contributed by atoms with Crippen LogP contribution >= 0.6 is 0 Å². The number of ether oxygens (including phenoxy) is 1. The molecule has 0 radical (unpaired) electrons. The first-order valence-corrected chi connectivity index (χ1v) is 6.12. The molecule has 0 aromatic rings. The molecule has 0 bridgehead atoms. The zero-order valence-corrected chi connectivity index (χ0v) is 10.4. The highest BCUT2D eigenvalue weighted by Crippen LogP contribution is 2.25. The van der Waals surface area contributed by atoms with E-state index in [4.69, 9.17) is 10.5 Å². The normalized spacial score (nSPS) is 22.2. The van der Waals surface area contributed by atoms with Crippen molar-refractivity contribution in [1.29, 1.82) is 0 Å². The molecule has 0 aromatic carbocycles. The molecule has 2 N–H and O–H groups in total. The van der Waals surface area contributed by atoms with E-state index in [0.717, 1.165) is 18.4 Å². The summed E-state index contributed by atoms with van der Waals surface area (Å²) in [6, 6.07) is 0.420. The highest BCUT2D eigenvalue weighted by atomic mass is 16.5. The van der Waals surface area contributed by atoms with Crippen molar-refractivity contribution < 1.29 is 4.74 Å². The number of likely N-dealkylation sites (tertiary alicyclic amines) is 1. The second-order valence-corrected chi connectivity index (χ2v) is 4.96. The third kappa shape index (κ3) is 3.74. The van der Waals surface area contributed by atoms with Gasteiger partial charge in [0.1, 0.15) is 0 Å². The van der Waals surface area contributed by atoms with Gasteiger partial charge in [0.15, 0.2) is 0 Å². The first kappa shape index (κ1) is 12.9. The van der Waals surface area contributed by atoms with Gasteiger partial charge in [-0.25, -0.2) is 0 Å². The minimum Gasteiger partial charge on any atom is -0.383 e. The lowest BCUT2D eigenvalue weighted by Crippen LogP contribution is -2.47. The summed E-state index contributed by atoms with van der Waals surface area (Å²) in [6.45, 7) is 8.51. The summed E-state index contributed by atoms with van der Waals surface area (Å²) in [5.74, 6) is 1.73. The summed E-state index contributed by atoms with van der Waals surface area (Å²) < 4.78 is 5.20. The molecule has 3 heteroatoms. The number of nitrogens with two attached hydrogens (primary N) is 1. The highest BCUT2D eigenvalue weighted by Gasteiger charge is 2.25. The Morgan fingerprint density at radius 3 is 2.33 bits per heavy atom. The Balaban J connectivity index is 2.35. The van der Waals surface area contributed by atoms with Crippen LogP contribution in [0.1, 0.15) is 26.7 Å². The molecule has 1 rings (SSSR count). The van der Waals surface area contributed by atoms with Crippen molar-refractivity contribution in [3.05, 3.63) is 0 Å². The Morgan fingerprint density at radius 2 is 1.93 bits per heavy atom. The maximum Gasteiger partial charge on any atom is 0.0630 e. The van der Waals surface area contributed by atoms with Crippen molar-refractivity contribution in [2.24, 2.45) is 17.6 Å². The summed E-state index contributed by atoms with van der Waals surface area (Å²) in [6.07, 6.45) is 2.63. The quantitative estimate of drug-likeness (QED) is 0.750. The Bertz CT molecular complexity index is 165. The Kier molecular flexibility index (Phi) is 5.58. The van der Waals surface area contributed by atoms with Gasteiger partial charge in [0.25, 0.3) is 0 Å². The van der Waals surface area contributed by atoms with E-state index in [9.17, 15) is 0 Å². The van der Waals surface area contributed by atoms with Crippen molar-refractivity contribution in [2.75, 3.05) is 33.4 Å². The number of hydrogen-bond acceptors (Lipinski definition) is 3. The number of hydrogen-bond donors (Lipinski definition) is 1. The first-order valence-electron chi connectivity index (χ1n) is 6.12. The topological polar surface area (TPSA) is 38.5 Å². The smallest absolute Gasteiger partial charge is 0.0630 e. The number of methoxy groups -OCH3 is 1. The molecule has 1 fully saturated rings. The molecule has 0 aliphatic carbocycles. The monoisotopic (exact) mass is 214 g/mol. The van der Waals surface area contributed by atoms with Crippen LogP contribution in [-0.2, 0) is 4.74 Å². The van der Waals surface area contributed by atoms with Crippen molar-refractivity contribution >= 4 is 0 Å². The van der Waals surface area contributed by atoms with E-state index in [-0.39, 0.29) is 0 Å². The average Bonchev–Trinajstić information content (AvgIpc) is 2.26. The van der Waals surface area contributed by atoms with Crippen LogP contribution in [0.4, 0.5) is 0 Å². The zero-order chi connectivity index (χ0) is 11.3. The molecule has 1 saturated heterocycles. The summed E-state index contributed by atoms with van der Waals surface area (Å²) >= 11 is 0. The van der Waals surface area contributed by atoms with E-state index in [0.29, 0.717) is 12.6 Å². The highest BCUT2D eigenvalue weighted by molar-refractivity contribution is 4.80. The lowest BCUT2D eigenvalue weighted by Gasteiger charge is -2.38. The Morgan fingerprint density at radius 1 is 1.33 bits per heavy atom. The Labute approximate surface area is 94.0 Å². The fourth-order valence-electron chi connectivity index (χ4n) is 2.47. The largest absolute Gasteiger partial charge is 0.383 e. The molecule has 1 heterocycles. The van der Waals surface area contributed by atoms with E-state index in [1.165, 1.54) is 25.9 Å². The predicted molar refractivity (Wildman–Crippen MR) is 63.9 cm³/mol. The summed E-state index contributed by atoms with van der Waals surface area (Å²) in [7, 11) is 1.75. The maximum atomic E-state index is 5.76. The predicted octanol–water partition coefficient (Wildman–Crippen LogP) is 1.33. The van der Waals surface area contributed by atoms with Crippen LogP contribution in [-0.4, -0.2) is 44.3 Å². The summed E-state index contributed by atoms with van der Waals surface area (Å²) in [5.41, 5.74) is 5.76. The van der Waals surface area contributed by atoms with Gasteiger partial charge in [-0.05, 0) is 37.8 Å². The Hall–Kier alpha value is -0.120. The second kappa shape index (κ2) is 6.46. The van der Waals surface area contributed by atoms with Gasteiger partial charge < -0.3 is 10.5 Å². The molecule has 1 aliphatic rings. The second-order valence-electron chi connectivity index (χ2n) is 4.96. The van der Waals surface area contributed by atoms with E-state index in [1.54, 1.807) is 7.11 Å². The number of rotatable bonds is 5. The molecule has 0 saturated carbocycles. The van der Waals surface area contributed by atoms with Crippen molar-refractivity contribution in [1.82, 2.24) is 4.90 Å². The SMILES string of the molecule is COCC(CN)N1CCC(C(C)C)CC1. The lowest BCUT2D eigenvalue weighted by atomic mass is 9.86. The van der Waals surface area contributed by atoms with Gasteiger partial charge in [0.2, 0.25) is 0 Å². The average molecular weight is 214 g/mol. The molecule has 0 spiro atoms. The van der Waals surface area contributed by atoms with Crippen molar-refractivity contribution in [2.45, 2.75) is 32.7 Å². The molecule has 1 aliphatic heterocycles. The minimum absolute atomic E-state index is 0.420. The van der Waals surface area contributed by atoms with Gasteiger partial charge in [0, 0.05) is 19.7 Å². The molecule has 90 valence electrons. The summed E-state index contributed by atoms with van der Waals surface area (Å²) in [5, 5.41) is 0. The van der Waals surface area contributed by atoms with Crippen LogP contribution in [0.2, 0.25) is 0 Å². The van der Waals surface area contributed by atoms with Crippen LogP contribution in [0.3, 0.4) is 0 Å². The van der Waals surface area contributed by atoms with Gasteiger partial charge in [-0.15, -0.1) is 0 Å². The van der Waals surface area contributed by atoms with Crippen LogP contribution < -0.4 is 5.73 Å². The van der Waals surface area contributed by atoms with E-state index in [2.05, 4.69) is 18.7 Å². The maximum absolute atomic E-state index is 5.76. The van der Waals surface area contributed by atoms with Crippen molar-refractivity contribution in [3.8, 4) is 0 Å². The molecular formula is C12H26N2O. The lowest BCUT2D eigenvalue weighted by molar-refractivity contribution is 0.0616. The standard InChI is InChI=1S/C12H26N2O/c1-10(2)11-4-6-14(7-5-11)12(8-13)9-15-3/h10-12H,4-9,13H2,1-3H3. The van der Waals surface area contributed by atoms with E-state index in [1.807, 2.05) is 0 Å². The fraction of sp³-hybridized carbons (Fsp3) is 1.00. The molecular weight excluding hydrogens is 188 g/mol. The van der Waals surface area contributed by atoms with Crippen LogP contribution in [0, 0.1) is 11.8 Å². The molecule has 1 atom stereocenters. The molecule has 1 unspecified atom stereocenters. The third-order valence-electron chi connectivity index (χ3n) is 3.66.